The Labute approximate surface area is 158 Å². The van der Waals surface area contributed by atoms with Crippen LogP contribution in [-0.2, 0) is 6.42 Å². The third-order valence-electron chi connectivity index (χ3n) is 4.25. The van der Waals surface area contributed by atoms with Crippen LogP contribution in [0.3, 0.4) is 0 Å². The third kappa shape index (κ3) is 5.14. The zero-order chi connectivity index (χ0) is 19.1. The zero-order valence-electron chi connectivity index (χ0n) is 15.1. The van der Waals surface area contributed by atoms with Crippen molar-refractivity contribution < 1.29 is 13.9 Å². The molecule has 0 saturated carbocycles. The molecule has 0 atom stereocenters. The van der Waals surface area contributed by atoms with E-state index >= 15 is 0 Å². The molecular weight excluding hydrogens is 343 g/mol. The van der Waals surface area contributed by atoms with Crippen molar-refractivity contribution in [3.05, 3.63) is 83.8 Å². The molecule has 3 aromatic rings. The second kappa shape index (κ2) is 8.94. The van der Waals surface area contributed by atoms with Crippen molar-refractivity contribution in [3.8, 4) is 17.0 Å². The minimum atomic E-state index is -0.288. The average molecular weight is 364 g/mol. The number of pyridine rings is 1. The summed E-state index contributed by atoms with van der Waals surface area (Å²) in [6, 6.07) is 17.5. The van der Waals surface area contributed by atoms with E-state index in [9.17, 15) is 9.18 Å². The summed E-state index contributed by atoms with van der Waals surface area (Å²) in [6.45, 7) is 0.588. The van der Waals surface area contributed by atoms with Gasteiger partial charge in [-0.25, -0.2) is 4.39 Å². The smallest absolute Gasteiger partial charge is 0.252 e. The number of nitrogens with one attached hydrogen (secondary N) is 1. The van der Waals surface area contributed by atoms with Crippen LogP contribution in [-0.4, -0.2) is 24.5 Å². The van der Waals surface area contributed by atoms with Crippen molar-refractivity contribution in [2.24, 2.45) is 0 Å². The van der Waals surface area contributed by atoms with Gasteiger partial charge in [0.25, 0.3) is 5.91 Å². The van der Waals surface area contributed by atoms with Crippen LogP contribution in [0.5, 0.6) is 5.75 Å². The van der Waals surface area contributed by atoms with Gasteiger partial charge in [-0.05, 0) is 66.9 Å². The van der Waals surface area contributed by atoms with Crippen LogP contribution < -0.4 is 10.1 Å². The van der Waals surface area contributed by atoms with Crippen LogP contribution >= 0.6 is 0 Å². The summed E-state index contributed by atoms with van der Waals surface area (Å²) < 4.78 is 18.1. The van der Waals surface area contributed by atoms with Crippen LogP contribution in [0.2, 0.25) is 0 Å². The molecule has 0 radical (unpaired) electrons. The van der Waals surface area contributed by atoms with Crippen LogP contribution in [0.1, 0.15) is 22.3 Å². The molecule has 0 fully saturated rings. The summed E-state index contributed by atoms with van der Waals surface area (Å²) in [5, 5.41) is 2.91. The molecule has 0 bridgehead atoms. The summed E-state index contributed by atoms with van der Waals surface area (Å²) in [7, 11) is 1.64. The fourth-order valence-corrected chi connectivity index (χ4v) is 2.71. The molecule has 138 valence electrons. The second-order valence-corrected chi connectivity index (χ2v) is 6.15. The SMILES string of the molecule is COc1ccc(CCCNC(=O)c2ccc(-c3ccc(F)cc3)nc2)cc1. The number of hydrogen-bond donors (Lipinski definition) is 1. The Balaban J connectivity index is 1.48. The molecule has 1 amide bonds. The van der Waals surface area contributed by atoms with Crippen molar-refractivity contribution in [3.63, 3.8) is 0 Å². The van der Waals surface area contributed by atoms with Gasteiger partial charge < -0.3 is 10.1 Å². The summed E-state index contributed by atoms with van der Waals surface area (Å²) in [4.78, 5) is 16.5. The van der Waals surface area contributed by atoms with Gasteiger partial charge in [-0.15, -0.1) is 0 Å². The molecule has 5 heteroatoms. The fraction of sp³-hybridized carbons (Fsp3) is 0.182. The van der Waals surface area contributed by atoms with Crippen molar-refractivity contribution in [2.75, 3.05) is 13.7 Å². The molecule has 0 aliphatic carbocycles. The molecule has 4 nitrogen and oxygen atoms in total. The first kappa shape index (κ1) is 18.6. The Morgan fingerprint density at radius 3 is 2.41 bits per heavy atom. The van der Waals surface area contributed by atoms with E-state index < -0.39 is 0 Å². The first-order valence-electron chi connectivity index (χ1n) is 8.79. The van der Waals surface area contributed by atoms with E-state index in [1.807, 2.05) is 24.3 Å². The number of benzene rings is 2. The minimum Gasteiger partial charge on any atom is -0.497 e. The summed E-state index contributed by atoms with van der Waals surface area (Å²) in [5.41, 5.74) is 3.22. The Hall–Kier alpha value is -3.21. The van der Waals surface area contributed by atoms with Gasteiger partial charge in [-0.1, -0.05) is 12.1 Å². The number of ether oxygens (including phenoxy) is 1. The number of halogens is 1. The normalized spacial score (nSPS) is 10.4. The van der Waals surface area contributed by atoms with E-state index in [4.69, 9.17) is 4.74 Å². The molecule has 3 rings (SSSR count). The van der Waals surface area contributed by atoms with Crippen LogP contribution in [0.15, 0.2) is 66.9 Å². The maximum Gasteiger partial charge on any atom is 0.252 e. The second-order valence-electron chi connectivity index (χ2n) is 6.15. The van der Waals surface area contributed by atoms with Crippen molar-refractivity contribution in [1.29, 1.82) is 0 Å². The van der Waals surface area contributed by atoms with Crippen LogP contribution in [0, 0.1) is 5.82 Å². The predicted octanol–water partition coefficient (Wildman–Crippen LogP) is 4.26. The first-order chi connectivity index (χ1) is 13.2. The number of methoxy groups -OCH3 is 1. The highest BCUT2D eigenvalue weighted by Gasteiger charge is 2.07. The van der Waals surface area contributed by atoms with Crippen molar-refractivity contribution in [1.82, 2.24) is 10.3 Å². The van der Waals surface area contributed by atoms with Crippen molar-refractivity contribution in [2.45, 2.75) is 12.8 Å². The molecule has 0 aliphatic heterocycles. The Morgan fingerprint density at radius 2 is 1.78 bits per heavy atom. The van der Waals surface area contributed by atoms with Gasteiger partial charge in [0.1, 0.15) is 11.6 Å². The number of hydrogen-bond acceptors (Lipinski definition) is 3. The molecule has 0 unspecified atom stereocenters. The minimum absolute atomic E-state index is 0.150. The lowest BCUT2D eigenvalue weighted by Gasteiger charge is -2.07. The number of aryl methyl sites for hydroxylation is 1. The predicted molar refractivity (Wildman–Crippen MR) is 103 cm³/mol. The van der Waals surface area contributed by atoms with Gasteiger partial charge >= 0.3 is 0 Å². The molecule has 1 aromatic heterocycles. The average Bonchev–Trinajstić information content (AvgIpc) is 2.72. The molecule has 0 aliphatic rings. The fourth-order valence-electron chi connectivity index (χ4n) is 2.71. The standard InChI is InChI=1S/C22H21FN2O2/c1-27-20-11-4-16(5-12-20)3-2-14-24-22(26)18-8-13-21(25-15-18)17-6-9-19(23)10-7-17/h4-13,15H,2-3,14H2,1H3,(H,24,26). The molecule has 1 heterocycles. The number of carbonyl (C=O) groups excluding carboxylic acids is 1. The summed E-state index contributed by atoms with van der Waals surface area (Å²) in [6.07, 6.45) is 3.27. The van der Waals surface area contributed by atoms with E-state index in [1.165, 1.54) is 23.9 Å². The number of nitrogens with zero attached hydrogens (tertiary/aromatic N) is 1. The highest BCUT2D eigenvalue weighted by atomic mass is 19.1. The van der Waals surface area contributed by atoms with Crippen molar-refractivity contribution >= 4 is 5.91 Å². The zero-order valence-corrected chi connectivity index (χ0v) is 15.1. The lowest BCUT2D eigenvalue weighted by atomic mass is 10.1. The maximum absolute atomic E-state index is 13.0. The van der Waals surface area contributed by atoms with Gasteiger partial charge in [0.05, 0.1) is 18.4 Å². The summed E-state index contributed by atoms with van der Waals surface area (Å²) >= 11 is 0. The van der Waals surface area contributed by atoms with Gasteiger partial charge in [0, 0.05) is 18.3 Å². The largest absolute Gasteiger partial charge is 0.497 e. The van der Waals surface area contributed by atoms with E-state index in [2.05, 4.69) is 10.3 Å². The lowest BCUT2D eigenvalue weighted by molar-refractivity contribution is 0.0953. The number of amides is 1. The van der Waals surface area contributed by atoms with Gasteiger partial charge in [0.15, 0.2) is 0 Å². The molecule has 1 N–H and O–H groups in total. The highest BCUT2D eigenvalue weighted by Crippen LogP contribution is 2.17. The number of rotatable bonds is 7. The van der Waals surface area contributed by atoms with E-state index in [0.29, 0.717) is 17.8 Å². The quantitative estimate of drug-likeness (QED) is 0.638. The maximum atomic E-state index is 13.0. The molecule has 27 heavy (non-hydrogen) atoms. The molecule has 0 saturated heterocycles. The first-order valence-corrected chi connectivity index (χ1v) is 8.79. The van der Waals surface area contributed by atoms with E-state index in [-0.39, 0.29) is 11.7 Å². The number of carbonyl (C=O) groups is 1. The monoisotopic (exact) mass is 364 g/mol. The topological polar surface area (TPSA) is 51.2 Å². The Kier molecular flexibility index (Phi) is 6.15. The van der Waals surface area contributed by atoms with E-state index in [0.717, 1.165) is 24.2 Å². The highest BCUT2D eigenvalue weighted by molar-refractivity contribution is 5.94. The molecule has 2 aromatic carbocycles. The van der Waals surface area contributed by atoms with Gasteiger partial charge in [-0.2, -0.15) is 0 Å². The molecular formula is C22H21FN2O2. The lowest BCUT2D eigenvalue weighted by Crippen LogP contribution is -2.24. The van der Waals surface area contributed by atoms with E-state index in [1.54, 1.807) is 31.4 Å². The van der Waals surface area contributed by atoms with Crippen LogP contribution in [0.4, 0.5) is 4.39 Å². The van der Waals surface area contributed by atoms with Gasteiger partial charge in [0.2, 0.25) is 0 Å². The third-order valence-corrected chi connectivity index (χ3v) is 4.25. The van der Waals surface area contributed by atoms with Crippen LogP contribution in [0.25, 0.3) is 11.3 Å². The molecule has 0 spiro atoms. The van der Waals surface area contributed by atoms with Gasteiger partial charge in [-0.3, -0.25) is 9.78 Å². The Bertz CT molecular complexity index is 876. The number of aromatic nitrogens is 1. The Morgan fingerprint density at radius 1 is 1.04 bits per heavy atom. The summed E-state index contributed by atoms with van der Waals surface area (Å²) in [5.74, 6) is 0.399.